The Morgan fingerprint density at radius 3 is 2.37 bits per heavy atom. The van der Waals surface area contributed by atoms with Gasteiger partial charge < -0.3 is 4.57 Å². The third-order valence-corrected chi connectivity index (χ3v) is 8.02. The van der Waals surface area contributed by atoms with Crippen molar-refractivity contribution >= 4 is 39.8 Å². The molecule has 6 heteroatoms. The van der Waals surface area contributed by atoms with Crippen LogP contribution in [0.15, 0.2) is 87.3 Å². The number of hydrogen-bond acceptors (Lipinski definition) is 3. The largest absolute Gasteiger partial charge is 0.316 e. The van der Waals surface area contributed by atoms with Gasteiger partial charge in [-0.15, -0.1) is 11.8 Å². The second-order valence-electron chi connectivity index (χ2n) is 8.52. The zero-order chi connectivity index (χ0) is 24.9. The van der Waals surface area contributed by atoms with Gasteiger partial charge >= 0.3 is 0 Å². The molecule has 0 spiro atoms. The predicted molar refractivity (Wildman–Crippen MR) is 150 cm³/mol. The molecule has 0 aliphatic carbocycles. The maximum Gasteiger partial charge on any atom is 0.271 e. The molecule has 4 nitrogen and oxygen atoms in total. The third kappa shape index (κ3) is 5.77. The van der Waals surface area contributed by atoms with E-state index < -0.39 is 0 Å². The second-order valence-corrected chi connectivity index (χ2v) is 10.4. The van der Waals surface area contributed by atoms with E-state index >= 15 is 0 Å². The summed E-state index contributed by atoms with van der Waals surface area (Å²) in [5.74, 6) is 0.622. The molecule has 0 saturated carbocycles. The maximum atomic E-state index is 12.6. The molecule has 0 saturated heterocycles. The van der Waals surface area contributed by atoms with Crippen LogP contribution in [0.25, 0.3) is 5.69 Å². The molecule has 0 radical (unpaired) electrons. The van der Waals surface area contributed by atoms with E-state index in [2.05, 4.69) is 89.1 Å². The molecule has 3 aromatic carbocycles. The third-order valence-electron chi connectivity index (χ3n) is 5.93. The summed E-state index contributed by atoms with van der Waals surface area (Å²) >= 11 is 5.49. The molecule has 1 amide bonds. The summed E-state index contributed by atoms with van der Waals surface area (Å²) in [7, 11) is 0. The highest BCUT2D eigenvalue weighted by Crippen LogP contribution is 2.31. The molecule has 4 aromatic rings. The molecule has 4 rings (SSSR count). The first-order chi connectivity index (χ1) is 16.8. The maximum absolute atomic E-state index is 12.6. The summed E-state index contributed by atoms with van der Waals surface area (Å²) < 4.78 is 3.18. The van der Waals surface area contributed by atoms with Crippen LogP contribution in [-0.4, -0.2) is 16.7 Å². The van der Waals surface area contributed by atoms with Gasteiger partial charge in [-0.2, -0.15) is 5.10 Å². The molecule has 0 bridgehead atoms. The topological polar surface area (TPSA) is 46.4 Å². The van der Waals surface area contributed by atoms with E-state index in [4.69, 9.17) is 0 Å². The Bertz CT molecular complexity index is 1380. The van der Waals surface area contributed by atoms with E-state index in [1.165, 1.54) is 21.6 Å². The lowest BCUT2D eigenvalue weighted by molar-refractivity contribution is 0.0955. The minimum absolute atomic E-state index is 0.233. The summed E-state index contributed by atoms with van der Waals surface area (Å²) in [5, 5.41) is 4.25. The van der Waals surface area contributed by atoms with Gasteiger partial charge in [0, 0.05) is 43.3 Å². The van der Waals surface area contributed by atoms with Crippen LogP contribution in [0.1, 0.15) is 44.0 Å². The van der Waals surface area contributed by atoms with Crippen molar-refractivity contribution in [3.63, 3.8) is 0 Å². The van der Waals surface area contributed by atoms with E-state index in [0.29, 0.717) is 5.56 Å². The summed E-state index contributed by atoms with van der Waals surface area (Å²) in [6.45, 7) is 8.35. The Labute approximate surface area is 219 Å². The van der Waals surface area contributed by atoms with Crippen LogP contribution in [0.5, 0.6) is 0 Å². The normalized spacial score (nSPS) is 11.2. The Kier molecular flexibility index (Phi) is 7.93. The fraction of sp³-hybridized carbons (Fsp3) is 0.172. The average molecular weight is 547 g/mol. The van der Waals surface area contributed by atoms with Gasteiger partial charge in [0.15, 0.2) is 0 Å². The van der Waals surface area contributed by atoms with Gasteiger partial charge in [-0.3, -0.25) is 4.79 Å². The number of nitrogens with one attached hydrogen (secondary N) is 1. The number of carbonyl (C=O) groups excluding carboxylic acids is 1. The highest BCUT2D eigenvalue weighted by atomic mass is 79.9. The summed E-state index contributed by atoms with van der Waals surface area (Å²) in [6, 6.07) is 24.4. The van der Waals surface area contributed by atoms with Gasteiger partial charge in [-0.1, -0.05) is 48.0 Å². The van der Waals surface area contributed by atoms with Crippen molar-refractivity contribution in [2.45, 2.75) is 38.3 Å². The summed E-state index contributed by atoms with van der Waals surface area (Å²) in [4.78, 5) is 13.8. The first kappa shape index (κ1) is 25.0. The van der Waals surface area contributed by atoms with Gasteiger partial charge in [0.25, 0.3) is 5.91 Å². The van der Waals surface area contributed by atoms with Gasteiger partial charge in [-0.25, -0.2) is 5.43 Å². The Hall–Kier alpha value is -3.09. The lowest BCUT2D eigenvalue weighted by Crippen LogP contribution is -2.17. The molecular formula is C29H28BrN3OS. The summed E-state index contributed by atoms with van der Waals surface area (Å²) in [5.41, 5.74) is 11.1. The van der Waals surface area contributed by atoms with Gasteiger partial charge in [0.05, 0.1) is 6.21 Å². The highest BCUT2D eigenvalue weighted by molar-refractivity contribution is 9.10. The molecule has 178 valence electrons. The van der Waals surface area contributed by atoms with Crippen LogP contribution in [0.2, 0.25) is 0 Å². The van der Waals surface area contributed by atoms with Gasteiger partial charge in [0.1, 0.15) is 0 Å². The van der Waals surface area contributed by atoms with Gasteiger partial charge in [0.2, 0.25) is 0 Å². The lowest BCUT2D eigenvalue weighted by atomic mass is 10.1. The van der Waals surface area contributed by atoms with Crippen LogP contribution in [-0.2, 0) is 5.75 Å². The fourth-order valence-corrected chi connectivity index (χ4v) is 5.49. The smallest absolute Gasteiger partial charge is 0.271 e. The number of carbonyl (C=O) groups is 1. The average Bonchev–Trinajstić information content (AvgIpc) is 3.07. The number of hydrazone groups is 1. The number of nitrogens with zero attached hydrogens (tertiary/aromatic N) is 2. The van der Waals surface area contributed by atoms with E-state index in [1.54, 1.807) is 18.0 Å². The molecule has 0 aliphatic heterocycles. The van der Waals surface area contributed by atoms with Crippen LogP contribution in [0, 0.1) is 27.7 Å². The molecule has 0 atom stereocenters. The van der Waals surface area contributed by atoms with E-state index in [-0.39, 0.29) is 5.91 Å². The van der Waals surface area contributed by atoms with Crippen LogP contribution in [0.4, 0.5) is 0 Å². The molecule has 0 aliphatic rings. The van der Waals surface area contributed by atoms with Crippen molar-refractivity contribution in [3.8, 4) is 5.69 Å². The quantitative estimate of drug-likeness (QED) is 0.148. The number of thioether (sulfide) groups is 1. The first-order valence-corrected chi connectivity index (χ1v) is 13.2. The number of benzene rings is 3. The van der Waals surface area contributed by atoms with E-state index in [0.717, 1.165) is 32.9 Å². The molecule has 1 heterocycles. The predicted octanol–water partition coefficient (Wildman–Crippen LogP) is 7.53. The number of hydrogen-bond donors (Lipinski definition) is 1. The zero-order valence-electron chi connectivity index (χ0n) is 20.3. The number of aryl methyl sites for hydroxylation is 2. The van der Waals surface area contributed by atoms with E-state index in [9.17, 15) is 4.79 Å². The molecule has 1 aromatic heterocycles. The second kappa shape index (κ2) is 11.1. The van der Waals surface area contributed by atoms with Gasteiger partial charge in [-0.05, 0) is 85.1 Å². The summed E-state index contributed by atoms with van der Waals surface area (Å²) in [6.07, 6.45) is 1.70. The number of rotatable bonds is 7. The van der Waals surface area contributed by atoms with Crippen LogP contribution >= 0.6 is 27.7 Å². The zero-order valence-corrected chi connectivity index (χ0v) is 22.7. The Morgan fingerprint density at radius 2 is 1.69 bits per heavy atom. The molecular weight excluding hydrogens is 518 g/mol. The lowest BCUT2D eigenvalue weighted by Gasteiger charge is -2.13. The van der Waals surface area contributed by atoms with Crippen molar-refractivity contribution in [1.82, 2.24) is 9.99 Å². The van der Waals surface area contributed by atoms with Crippen molar-refractivity contribution in [2.75, 3.05) is 0 Å². The monoisotopic (exact) mass is 545 g/mol. The van der Waals surface area contributed by atoms with Crippen molar-refractivity contribution < 1.29 is 4.79 Å². The molecule has 35 heavy (non-hydrogen) atoms. The molecule has 1 N–H and O–H groups in total. The van der Waals surface area contributed by atoms with Crippen molar-refractivity contribution in [2.24, 2.45) is 5.10 Å². The first-order valence-electron chi connectivity index (χ1n) is 11.4. The van der Waals surface area contributed by atoms with Crippen molar-refractivity contribution in [3.05, 3.63) is 116 Å². The fourth-order valence-electron chi connectivity index (χ4n) is 4.05. The van der Waals surface area contributed by atoms with Crippen LogP contribution in [0.3, 0.4) is 0 Å². The SMILES string of the molecule is Cc1ccc(-n2c(C)c(Br)c(/C=N\NC(=O)c3ccc(CSc4ccccc4)cc3)c2C)c(C)c1. The highest BCUT2D eigenvalue weighted by Gasteiger charge is 2.17. The number of halogens is 1. The van der Waals surface area contributed by atoms with E-state index in [1.807, 2.05) is 42.5 Å². The number of amides is 1. The van der Waals surface area contributed by atoms with Crippen molar-refractivity contribution in [1.29, 1.82) is 0 Å². The standard InChI is InChI=1S/C29H28BrN3OS/c1-19-10-15-27(20(2)16-19)33-21(3)26(28(30)22(33)4)17-31-32-29(34)24-13-11-23(12-14-24)18-35-25-8-6-5-7-9-25/h5-17H,18H2,1-4H3,(H,32,34)/b31-17-. The molecule has 0 fully saturated rings. The minimum atomic E-state index is -0.233. The Morgan fingerprint density at radius 1 is 0.971 bits per heavy atom. The number of aromatic nitrogens is 1. The van der Waals surface area contributed by atoms with Crippen LogP contribution < -0.4 is 5.43 Å². The molecule has 0 unspecified atom stereocenters. The minimum Gasteiger partial charge on any atom is -0.316 e. The Balaban J connectivity index is 1.43.